The van der Waals surface area contributed by atoms with Gasteiger partial charge in [0.05, 0.1) is 17.7 Å². The normalized spacial score (nSPS) is 11.5. The van der Waals surface area contributed by atoms with Crippen LogP contribution < -0.4 is 16.4 Å². The molecule has 5 N–H and O–H groups in total. The topological polar surface area (TPSA) is 131 Å². The number of anilines is 2. The Morgan fingerprint density at radius 2 is 1.96 bits per heavy atom. The van der Waals surface area contributed by atoms with Crippen molar-refractivity contribution in [2.45, 2.75) is 13.0 Å². The summed E-state index contributed by atoms with van der Waals surface area (Å²) in [6.07, 6.45) is -1.09. The van der Waals surface area contributed by atoms with Crippen molar-refractivity contribution in [3.05, 3.63) is 46.8 Å². The molecule has 2 amide bonds. The number of nitrogens with two attached hydrogens (primary N) is 1. The molecule has 8 nitrogen and oxygen atoms in total. The number of rotatable bonds is 8. The molecule has 0 fully saturated rings. The van der Waals surface area contributed by atoms with Gasteiger partial charge in [0, 0.05) is 12.2 Å². The molecule has 1 aromatic carbocycles. The first-order chi connectivity index (χ1) is 12.4. The highest BCUT2D eigenvalue weighted by atomic mass is 32.1. The molecule has 2 rings (SSSR count). The molecule has 0 spiro atoms. The summed E-state index contributed by atoms with van der Waals surface area (Å²) in [5.41, 5.74) is 6.16. The third-order valence-corrected chi connectivity index (χ3v) is 4.22. The van der Waals surface area contributed by atoms with Crippen LogP contribution in [0.25, 0.3) is 0 Å². The van der Waals surface area contributed by atoms with E-state index in [9.17, 15) is 14.4 Å². The SMILES string of the molecule is C[C@H](OC(=O)c1ccccc1NCCO)C(=O)Nc1sccc1C(N)=O. The maximum atomic E-state index is 12.3. The standard InChI is InChI=1S/C17H19N3O5S/c1-10(15(23)20-16-12(14(18)22)6-9-26-16)25-17(24)11-4-2-3-5-13(11)19-7-8-21/h2-6,9-10,19,21H,7-8H2,1H3,(H2,18,22)(H,20,23)/t10-/m0/s1. The minimum absolute atomic E-state index is 0.0921. The first-order valence-electron chi connectivity index (χ1n) is 7.77. The largest absolute Gasteiger partial charge is 0.449 e. The molecule has 0 unspecified atom stereocenters. The third kappa shape index (κ3) is 4.80. The van der Waals surface area contributed by atoms with Gasteiger partial charge >= 0.3 is 5.97 Å². The molecule has 0 aliphatic carbocycles. The van der Waals surface area contributed by atoms with Crippen molar-refractivity contribution >= 4 is 39.8 Å². The van der Waals surface area contributed by atoms with Crippen molar-refractivity contribution in [3.8, 4) is 0 Å². The van der Waals surface area contributed by atoms with E-state index in [4.69, 9.17) is 15.6 Å². The van der Waals surface area contributed by atoms with Gasteiger partial charge < -0.3 is 26.2 Å². The second-order valence-electron chi connectivity index (χ2n) is 5.26. The minimum Gasteiger partial charge on any atom is -0.449 e. The lowest BCUT2D eigenvalue weighted by Gasteiger charge is -2.15. The molecule has 1 aromatic heterocycles. The van der Waals surface area contributed by atoms with Crippen LogP contribution in [-0.2, 0) is 9.53 Å². The monoisotopic (exact) mass is 377 g/mol. The molecule has 0 saturated carbocycles. The van der Waals surface area contributed by atoms with Crippen LogP contribution in [0.15, 0.2) is 35.7 Å². The maximum absolute atomic E-state index is 12.3. The van der Waals surface area contributed by atoms with Crippen molar-refractivity contribution in [2.75, 3.05) is 23.8 Å². The number of nitrogens with one attached hydrogen (secondary N) is 2. The Kier molecular flexibility index (Phi) is 6.70. The van der Waals surface area contributed by atoms with Crippen LogP contribution in [0.3, 0.4) is 0 Å². The van der Waals surface area contributed by atoms with E-state index in [0.29, 0.717) is 10.7 Å². The summed E-state index contributed by atoms with van der Waals surface area (Å²) >= 11 is 1.14. The molecule has 2 aromatic rings. The van der Waals surface area contributed by atoms with Gasteiger partial charge in [-0.05, 0) is 30.5 Å². The summed E-state index contributed by atoms with van der Waals surface area (Å²) in [5, 5.41) is 16.2. The number of hydrogen-bond donors (Lipinski definition) is 4. The molecule has 1 heterocycles. The molecule has 1 atom stereocenters. The zero-order valence-electron chi connectivity index (χ0n) is 14.0. The Labute approximate surface area is 154 Å². The first kappa shape index (κ1) is 19.4. The van der Waals surface area contributed by atoms with Gasteiger partial charge in [-0.3, -0.25) is 9.59 Å². The predicted molar refractivity (Wildman–Crippen MR) is 98.4 cm³/mol. The fraction of sp³-hybridized carbons (Fsp3) is 0.235. The van der Waals surface area contributed by atoms with Gasteiger partial charge in [-0.2, -0.15) is 0 Å². The number of carbonyl (C=O) groups is 3. The summed E-state index contributed by atoms with van der Waals surface area (Å²) < 4.78 is 5.20. The summed E-state index contributed by atoms with van der Waals surface area (Å²) in [5.74, 6) is -1.92. The highest BCUT2D eigenvalue weighted by molar-refractivity contribution is 7.14. The number of esters is 1. The van der Waals surface area contributed by atoms with Gasteiger partial charge in [0.15, 0.2) is 6.10 Å². The van der Waals surface area contributed by atoms with Crippen molar-refractivity contribution in [1.82, 2.24) is 0 Å². The van der Waals surface area contributed by atoms with E-state index >= 15 is 0 Å². The first-order valence-corrected chi connectivity index (χ1v) is 8.65. The van der Waals surface area contributed by atoms with Crippen LogP contribution in [0, 0.1) is 0 Å². The number of para-hydroxylation sites is 1. The van der Waals surface area contributed by atoms with Crippen molar-refractivity contribution in [1.29, 1.82) is 0 Å². The zero-order chi connectivity index (χ0) is 19.1. The Balaban J connectivity index is 2.03. The molecule has 0 aliphatic rings. The summed E-state index contributed by atoms with van der Waals surface area (Å²) in [6, 6.07) is 8.12. The number of thiophene rings is 1. The molecule has 0 aliphatic heterocycles. The van der Waals surface area contributed by atoms with Crippen LogP contribution in [0.4, 0.5) is 10.7 Å². The summed E-state index contributed by atoms with van der Waals surface area (Å²) in [7, 11) is 0. The molecule has 138 valence electrons. The third-order valence-electron chi connectivity index (χ3n) is 3.39. The highest BCUT2D eigenvalue weighted by Crippen LogP contribution is 2.23. The number of primary amides is 1. The number of amides is 2. The molecule has 9 heteroatoms. The molecular weight excluding hydrogens is 358 g/mol. The van der Waals surface area contributed by atoms with E-state index in [1.807, 2.05) is 0 Å². The Hall–Kier alpha value is -2.91. The van der Waals surface area contributed by atoms with Crippen LogP contribution in [0.1, 0.15) is 27.6 Å². The van der Waals surface area contributed by atoms with Gasteiger partial charge in [-0.1, -0.05) is 12.1 Å². The number of aliphatic hydroxyl groups excluding tert-OH is 1. The summed E-state index contributed by atoms with van der Waals surface area (Å²) in [4.78, 5) is 35.9. The number of benzene rings is 1. The Morgan fingerprint density at radius 1 is 1.23 bits per heavy atom. The van der Waals surface area contributed by atoms with Gasteiger partial charge in [0.1, 0.15) is 5.00 Å². The minimum atomic E-state index is -1.09. The average Bonchev–Trinajstić information content (AvgIpc) is 3.08. The fourth-order valence-corrected chi connectivity index (χ4v) is 2.89. The smallest absolute Gasteiger partial charge is 0.341 e. The van der Waals surface area contributed by atoms with Crippen LogP contribution in [0.2, 0.25) is 0 Å². The molecule has 0 radical (unpaired) electrons. The van der Waals surface area contributed by atoms with Gasteiger partial charge in [0.2, 0.25) is 0 Å². The van der Waals surface area contributed by atoms with E-state index in [1.165, 1.54) is 13.0 Å². The molecular formula is C17H19N3O5S. The van der Waals surface area contributed by atoms with E-state index in [-0.39, 0.29) is 24.3 Å². The molecule has 0 saturated heterocycles. The quantitative estimate of drug-likeness (QED) is 0.515. The lowest BCUT2D eigenvalue weighted by molar-refractivity contribution is -0.123. The van der Waals surface area contributed by atoms with Crippen LogP contribution in [-0.4, -0.2) is 42.1 Å². The van der Waals surface area contributed by atoms with E-state index in [1.54, 1.807) is 29.6 Å². The average molecular weight is 377 g/mol. The number of carbonyl (C=O) groups excluding carboxylic acids is 3. The Morgan fingerprint density at radius 3 is 2.65 bits per heavy atom. The van der Waals surface area contributed by atoms with Gasteiger partial charge in [-0.15, -0.1) is 11.3 Å². The van der Waals surface area contributed by atoms with Gasteiger partial charge in [-0.25, -0.2) is 4.79 Å². The molecule has 26 heavy (non-hydrogen) atoms. The fourth-order valence-electron chi connectivity index (χ4n) is 2.10. The van der Waals surface area contributed by atoms with Crippen molar-refractivity contribution < 1.29 is 24.2 Å². The van der Waals surface area contributed by atoms with E-state index in [0.717, 1.165) is 11.3 Å². The van der Waals surface area contributed by atoms with Gasteiger partial charge in [0.25, 0.3) is 11.8 Å². The van der Waals surface area contributed by atoms with E-state index in [2.05, 4.69) is 10.6 Å². The predicted octanol–water partition coefficient (Wildman–Crippen LogP) is 1.44. The lowest BCUT2D eigenvalue weighted by atomic mass is 10.1. The lowest BCUT2D eigenvalue weighted by Crippen LogP contribution is -2.30. The van der Waals surface area contributed by atoms with Crippen molar-refractivity contribution in [3.63, 3.8) is 0 Å². The number of hydrogen-bond acceptors (Lipinski definition) is 7. The second kappa shape index (κ2) is 8.97. The van der Waals surface area contributed by atoms with Crippen molar-refractivity contribution in [2.24, 2.45) is 5.73 Å². The maximum Gasteiger partial charge on any atom is 0.341 e. The molecule has 0 bridgehead atoms. The van der Waals surface area contributed by atoms with E-state index < -0.39 is 23.9 Å². The number of aliphatic hydroxyl groups is 1. The second-order valence-corrected chi connectivity index (χ2v) is 6.18. The van der Waals surface area contributed by atoms with Crippen LogP contribution >= 0.6 is 11.3 Å². The zero-order valence-corrected chi connectivity index (χ0v) is 14.8. The van der Waals surface area contributed by atoms with Crippen LogP contribution in [0.5, 0.6) is 0 Å². The summed E-state index contributed by atoms with van der Waals surface area (Å²) in [6.45, 7) is 1.61. The highest BCUT2D eigenvalue weighted by Gasteiger charge is 2.22. The Bertz CT molecular complexity index is 805. The number of ether oxygens (including phenoxy) is 1.